The summed E-state index contributed by atoms with van der Waals surface area (Å²) in [5.41, 5.74) is 4.46. The maximum atomic E-state index is 14.8. The molecule has 8 heterocycles. The number of nitrogens with zero attached hydrogens (tertiary/aromatic N) is 10. The number of hydrogen-bond acceptors (Lipinski definition) is 10. The number of rotatable bonds is 8. The summed E-state index contributed by atoms with van der Waals surface area (Å²) >= 11 is 0. The highest BCUT2D eigenvalue weighted by Crippen LogP contribution is 2.37. The van der Waals surface area contributed by atoms with Crippen molar-refractivity contribution < 1.29 is 18.4 Å². The summed E-state index contributed by atoms with van der Waals surface area (Å²) in [6, 6.07) is 15.6. The maximum absolute atomic E-state index is 14.8. The third-order valence-corrected chi connectivity index (χ3v) is 11.5. The van der Waals surface area contributed by atoms with Crippen molar-refractivity contribution in [2.24, 2.45) is 0 Å². The molecule has 4 aliphatic rings. The van der Waals surface area contributed by atoms with Crippen LogP contribution in [0, 0.1) is 11.6 Å². The van der Waals surface area contributed by atoms with Crippen LogP contribution < -0.4 is 20.0 Å². The van der Waals surface area contributed by atoms with Gasteiger partial charge in [-0.05, 0) is 62.1 Å². The number of benzene rings is 1. The van der Waals surface area contributed by atoms with Crippen LogP contribution in [0.3, 0.4) is 0 Å². The summed E-state index contributed by atoms with van der Waals surface area (Å²) in [5.74, 6) is 0.310. The Kier molecular flexibility index (Phi) is 9.56. The van der Waals surface area contributed by atoms with E-state index in [1.807, 2.05) is 36.5 Å². The molecule has 4 aliphatic heterocycles. The highest BCUT2D eigenvalue weighted by atomic mass is 19.1. The second-order valence-electron chi connectivity index (χ2n) is 14.8. The number of pyridine rings is 2. The first kappa shape index (κ1) is 35.2. The van der Waals surface area contributed by atoms with Crippen LogP contribution in [0.4, 0.5) is 30.9 Å². The second kappa shape index (κ2) is 14.9. The number of carbonyl (C=O) groups excluding carboxylic acids is 2. The Morgan fingerprint density at radius 3 is 2.45 bits per heavy atom. The zero-order valence-electron chi connectivity index (χ0n) is 30.5. The van der Waals surface area contributed by atoms with E-state index in [4.69, 9.17) is 9.97 Å². The Labute approximate surface area is 317 Å². The van der Waals surface area contributed by atoms with Crippen molar-refractivity contribution in [3.05, 3.63) is 96.1 Å². The number of piperazine rings is 1. The van der Waals surface area contributed by atoms with Crippen molar-refractivity contribution in [1.29, 1.82) is 0 Å². The van der Waals surface area contributed by atoms with E-state index in [-0.39, 0.29) is 11.9 Å². The molecule has 15 heteroatoms. The molecule has 1 N–H and O–H groups in total. The molecule has 1 aromatic carbocycles. The van der Waals surface area contributed by atoms with Gasteiger partial charge >= 0.3 is 6.03 Å². The Morgan fingerprint density at radius 1 is 0.818 bits per heavy atom. The predicted octanol–water partition coefficient (Wildman–Crippen LogP) is 5.04. The highest BCUT2D eigenvalue weighted by Gasteiger charge is 2.31. The normalized spacial score (nSPS) is 20.5. The predicted molar refractivity (Wildman–Crippen MR) is 204 cm³/mol. The molecule has 1 atom stereocenters. The molecular weight excluding hydrogens is 705 g/mol. The van der Waals surface area contributed by atoms with E-state index in [9.17, 15) is 18.4 Å². The molecular formula is C40H43F2N11O2. The lowest BCUT2D eigenvalue weighted by Gasteiger charge is -2.43. The molecule has 0 spiro atoms. The van der Waals surface area contributed by atoms with Gasteiger partial charge in [-0.1, -0.05) is 12.1 Å². The number of amides is 3. The van der Waals surface area contributed by atoms with Crippen molar-refractivity contribution >= 4 is 34.9 Å². The van der Waals surface area contributed by atoms with Gasteiger partial charge in [-0.3, -0.25) is 29.8 Å². The molecule has 0 saturated carbocycles. The summed E-state index contributed by atoms with van der Waals surface area (Å²) in [5, 5.41) is 6.92. The number of aromatic nitrogens is 5. The molecule has 55 heavy (non-hydrogen) atoms. The van der Waals surface area contributed by atoms with Crippen LogP contribution in [0.5, 0.6) is 0 Å². The number of piperidine rings is 1. The number of urea groups is 1. The Balaban J connectivity index is 0.803. The third-order valence-electron chi connectivity index (χ3n) is 11.5. The van der Waals surface area contributed by atoms with E-state index < -0.39 is 17.7 Å². The molecule has 3 amide bonds. The summed E-state index contributed by atoms with van der Waals surface area (Å²) in [6.45, 7) is 7.61. The minimum Gasteiger partial charge on any atom is -0.354 e. The summed E-state index contributed by atoms with van der Waals surface area (Å²) in [6.07, 6.45) is 9.55. The van der Waals surface area contributed by atoms with E-state index in [1.165, 1.54) is 6.07 Å². The minimum absolute atomic E-state index is 0.219. The lowest BCUT2D eigenvalue weighted by atomic mass is 10.0. The Hall–Kier alpha value is -5.54. The van der Waals surface area contributed by atoms with Crippen LogP contribution in [-0.2, 0) is 11.3 Å². The molecule has 4 saturated heterocycles. The summed E-state index contributed by atoms with van der Waals surface area (Å²) in [4.78, 5) is 49.5. The van der Waals surface area contributed by atoms with Gasteiger partial charge in [0.25, 0.3) is 0 Å². The van der Waals surface area contributed by atoms with Gasteiger partial charge in [-0.25, -0.2) is 28.1 Å². The Bertz CT molecular complexity index is 2200. The highest BCUT2D eigenvalue weighted by molar-refractivity contribution is 6.05. The SMILES string of the molecule is O=C1CCN(c2ccc(CN3CCC(N4CCN(c5cccc(-c6cnn7ccc(N8CCC[C@@H]8c8ccc(F)cc8F)nc67)n5)CC4)CC3)nc2)C(=O)N1. The lowest BCUT2D eigenvalue weighted by molar-refractivity contribution is -0.120. The van der Waals surface area contributed by atoms with Crippen LogP contribution >= 0.6 is 0 Å². The van der Waals surface area contributed by atoms with Crippen LogP contribution in [0.2, 0.25) is 0 Å². The number of hydrogen-bond donors (Lipinski definition) is 1. The molecule has 13 nitrogen and oxygen atoms in total. The van der Waals surface area contributed by atoms with Crippen LogP contribution in [0.25, 0.3) is 16.9 Å². The largest absolute Gasteiger partial charge is 0.354 e. The fraction of sp³-hybridized carbons (Fsp3) is 0.400. The molecule has 4 aromatic heterocycles. The van der Waals surface area contributed by atoms with Gasteiger partial charge in [0.05, 0.1) is 41.1 Å². The molecule has 5 aromatic rings. The number of halogens is 2. The summed E-state index contributed by atoms with van der Waals surface area (Å²) in [7, 11) is 0. The number of imide groups is 1. The quantitative estimate of drug-likeness (QED) is 0.232. The van der Waals surface area contributed by atoms with Gasteiger partial charge in [0, 0.05) is 89.2 Å². The van der Waals surface area contributed by atoms with Crippen molar-refractivity contribution in [3.8, 4) is 11.3 Å². The van der Waals surface area contributed by atoms with Gasteiger partial charge in [-0.15, -0.1) is 0 Å². The fourth-order valence-electron chi connectivity index (χ4n) is 8.55. The van der Waals surface area contributed by atoms with Crippen LogP contribution in [0.15, 0.2) is 73.2 Å². The second-order valence-corrected chi connectivity index (χ2v) is 14.8. The molecule has 9 rings (SSSR count). The average molecular weight is 748 g/mol. The van der Waals surface area contributed by atoms with Gasteiger partial charge in [-0.2, -0.15) is 5.10 Å². The van der Waals surface area contributed by atoms with E-state index in [0.29, 0.717) is 35.9 Å². The van der Waals surface area contributed by atoms with E-state index >= 15 is 0 Å². The molecule has 4 fully saturated rings. The van der Waals surface area contributed by atoms with E-state index in [0.717, 1.165) is 113 Å². The number of fused-ring (bicyclic) bond motifs is 1. The van der Waals surface area contributed by atoms with Gasteiger partial charge in [0.1, 0.15) is 23.3 Å². The zero-order valence-corrected chi connectivity index (χ0v) is 30.5. The minimum atomic E-state index is -0.578. The standard InChI is InChI=1S/C40H43F2N11O2/c41-27-6-9-31(33(42)23-27)35-4-2-14-52(35)37-12-18-53-39(46-37)32(25-44-53)34-3-1-5-36(45-34)50-21-19-49(20-22-50)29-10-15-48(16-11-29)26-28-7-8-30(24-43-28)51-17-13-38(54)47-40(51)55/h1,3,5-9,12,18,23-25,29,35H,2,4,10-11,13-17,19-22,26H2,(H,47,54,55)/t35-/m1/s1. The first-order chi connectivity index (χ1) is 26.9. The smallest absolute Gasteiger partial charge is 0.328 e. The summed E-state index contributed by atoms with van der Waals surface area (Å²) < 4.78 is 30.2. The average Bonchev–Trinajstić information content (AvgIpc) is 3.87. The van der Waals surface area contributed by atoms with Crippen LogP contribution in [0.1, 0.15) is 49.4 Å². The Morgan fingerprint density at radius 2 is 1.67 bits per heavy atom. The van der Waals surface area contributed by atoms with Crippen molar-refractivity contribution in [2.75, 3.05) is 67.1 Å². The molecule has 0 bridgehead atoms. The lowest BCUT2D eigenvalue weighted by Crippen LogP contribution is -2.53. The van der Waals surface area contributed by atoms with E-state index in [1.54, 1.807) is 27.9 Å². The number of likely N-dealkylation sites (tertiary alicyclic amines) is 1. The van der Waals surface area contributed by atoms with Gasteiger partial charge in [0.15, 0.2) is 5.65 Å². The molecule has 0 unspecified atom stereocenters. The first-order valence-electron chi connectivity index (χ1n) is 19.2. The molecule has 0 aliphatic carbocycles. The molecule has 284 valence electrons. The van der Waals surface area contributed by atoms with E-state index in [2.05, 4.69) is 41.1 Å². The third kappa shape index (κ3) is 7.21. The fourth-order valence-corrected chi connectivity index (χ4v) is 8.55. The first-order valence-corrected chi connectivity index (χ1v) is 19.2. The van der Waals surface area contributed by atoms with Crippen molar-refractivity contribution in [3.63, 3.8) is 0 Å². The van der Waals surface area contributed by atoms with Gasteiger partial charge in [0.2, 0.25) is 5.91 Å². The number of nitrogens with one attached hydrogen (secondary N) is 1. The number of carbonyl (C=O) groups is 2. The molecule has 0 radical (unpaired) electrons. The maximum Gasteiger partial charge on any atom is 0.328 e. The van der Waals surface area contributed by atoms with Crippen LogP contribution in [-0.4, -0.2) is 105 Å². The zero-order chi connectivity index (χ0) is 37.5. The van der Waals surface area contributed by atoms with Gasteiger partial charge < -0.3 is 9.80 Å². The number of anilines is 3. The topological polar surface area (TPSA) is 118 Å². The van der Waals surface area contributed by atoms with Crippen molar-refractivity contribution in [1.82, 2.24) is 39.7 Å². The monoisotopic (exact) mass is 747 g/mol. The van der Waals surface area contributed by atoms with Crippen molar-refractivity contribution in [2.45, 2.75) is 50.7 Å².